The first-order valence-electron chi connectivity index (χ1n) is 17.5. The van der Waals surface area contributed by atoms with Gasteiger partial charge in [-0.05, 0) is 77.2 Å². The predicted octanol–water partition coefficient (Wildman–Crippen LogP) is 4.98. The number of piperazine rings is 2. The van der Waals surface area contributed by atoms with Crippen molar-refractivity contribution in [2.45, 2.75) is 26.7 Å². The van der Waals surface area contributed by atoms with E-state index in [9.17, 15) is 0 Å². The van der Waals surface area contributed by atoms with E-state index in [2.05, 4.69) is 119 Å². The largest absolute Gasteiger partial charge is 0.412 e. The van der Waals surface area contributed by atoms with Gasteiger partial charge in [-0.25, -0.2) is 9.98 Å². The summed E-state index contributed by atoms with van der Waals surface area (Å²) in [5.41, 5.74) is 6.71. The van der Waals surface area contributed by atoms with Crippen molar-refractivity contribution < 1.29 is 21.2 Å². The van der Waals surface area contributed by atoms with Crippen molar-refractivity contribution in [2.24, 2.45) is 9.98 Å². The average Bonchev–Trinajstić information content (AvgIpc) is 3.58. The Morgan fingerprint density at radius 3 is 1.33 bits per heavy atom. The summed E-state index contributed by atoms with van der Waals surface area (Å²) < 4.78 is 0. The molecule has 0 bridgehead atoms. The number of hydrogen-bond donors (Lipinski definition) is 4. The summed E-state index contributed by atoms with van der Waals surface area (Å²) in [5.74, 6) is 2.23. The van der Waals surface area contributed by atoms with Gasteiger partial charge in [-0.15, -0.1) is 22.7 Å². The van der Waals surface area contributed by atoms with Gasteiger partial charge in [0.05, 0.1) is 33.9 Å². The predicted molar refractivity (Wildman–Crippen MR) is 219 cm³/mol. The van der Waals surface area contributed by atoms with Gasteiger partial charge in [-0.1, -0.05) is 24.3 Å². The van der Waals surface area contributed by atoms with E-state index >= 15 is 0 Å². The zero-order valence-electron chi connectivity index (χ0n) is 30.7. The fourth-order valence-electron chi connectivity index (χ4n) is 6.24. The van der Waals surface area contributed by atoms with Crippen LogP contribution in [0.1, 0.15) is 33.7 Å². The molecule has 4 aromatic rings. The Morgan fingerprint density at radius 1 is 0.596 bits per heavy atom. The Labute approximate surface area is 315 Å². The number of thiophene rings is 2. The van der Waals surface area contributed by atoms with Gasteiger partial charge in [0.2, 0.25) is 0 Å². The number of anilines is 4. The number of aliphatic hydroxyl groups is 2. The Bertz CT molecular complexity index is 1660. The molecular formula is C38H54N8O4S2. The van der Waals surface area contributed by atoms with Crippen LogP contribution in [0.4, 0.5) is 32.8 Å². The molecule has 0 radical (unpaired) electrons. The number of aliphatic hydroxyl groups excluding tert-OH is 2. The minimum atomic E-state index is 0. The van der Waals surface area contributed by atoms with Crippen LogP contribution in [0.3, 0.4) is 0 Å². The quantitative estimate of drug-likeness (QED) is 0.213. The molecule has 8 rings (SSSR count). The van der Waals surface area contributed by atoms with Crippen molar-refractivity contribution in [3.63, 3.8) is 0 Å². The third-order valence-corrected chi connectivity index (χ3v) is 11.1. The molecule has 0 unspecified atom stereocenters. The Morgan fingerprint density at radius 2 is 0.962 bits per heavy atom. The molecule has 0 saturated carbocycles. The number of rotatable bonds is 3. The highest BCUT2D eigenvalue weighted by molar-refractivity contribution is 7.17. The highest BCUT2D eigenvalue weighted by atomic mass is 32.1. The molecule has 6 heterocycles. The molecule has 4 aliphatic heterocycles. The molecular weight excluding hydrogens is 697 g/mol. The summed E-state index contributed by atoms with van der Waals surface area (Å²) in [6.45, 7) is 13.2. The van der Waals surface area contributed by atoms with Crippen molar-refractivity contribution in [3.8, 4) is 0 Å². The number of aryl methyl sites for hydroxylation is 2. The van der Waals surface area contributed by atoms with E-state index in [-0.39, 0.29) is 24.2 Å². The van der Waals surface area contributed by atoms with Crippen molar-refractivity contribution in [3.05, 3.63) is 81.5 Å². The molecule has 0 atom stereocenters. The second-order valence-corrected chi connectivity index (χ2v) is 15.6. The number of aliphatic imine (C=N–C) groups is 2. The van der Waals surface area contributed by atoms with Crippen LogP contribution in [0.25, 0.3) is 0 Å². The van der Waals surface area contributed by atoms with Gasteiger partial charge in [0.15, 0.2) is 0 Å². The number of benzene rings is 2. The van der Waals surface area contributed by atoms with Gasteiger partial charge < -0.3 is 51.4 Å². The van der Waals surface area contributed by atoms with Crippen molar-refractivity contribution >= 4 is 67.1 Å². The molecule has 14 heteroatoms. The SMILES string of the molecule is Cc1cc2c(s1)Nc1ccccc1N=C2N1CCN(C)CC1.Cc1cc2c(s1)Nc1ccccc1N=C2N1CCN(C)CC1.O.O.OCCCCO. The fraction of sp³-hybridized carbons (Fsp3) is 0.421. The average molecular weight is 751 g/mol. The molecule has 2 aromatic carbocycles. The molecule has 0 aliphatic carbocycles. The van der Waals surface area contributed by atoms with Crippen molar-refractivity contribution in [1.29, 1.82) is 0 Å². The van der Waals surface area contributed by atoms with Crippen LogP contribution in [-0.4, -0.2) is 132 Å². The standard InChI is InChI=1S/2C17H20N4S.C4H10O2.2H2O/c2*1-12-11-13-16(21-9-7-20(2)8-10-21)18-14-5-3-4-6-15(14)19-17(13)22-12;5-3-1-2-4-6;;/h2*3-6,11,19H,7-10H2,1-2H3;5-6H,1-4H2;2*1H2. The van der Waals surface area contributed by atoms with E-state index in [0.717, 1.165) is 99.6 Å². The summed E-state index contributed by atoms with van der Waals surface area (Å²) in [6.07, 6.45) is 1.44. The van der Waals surface area contributed by atoms with Crippen LogP contribution in [-0.2, 0) is 0 Å². The number of unbranched alkanes of at least 4 members (excludes halogenated alkanes) is 1. The number of fused-ring (bicyclic) bond motifs is 4. The molecule has 0 spiro atoms. The third-order valence-electron chi connectivity index (χ3n) is 9.12. The Balaban J connectivity index is 0.000000195. The van der Waals surface area contributed by atoms with E-state index in [1.807, 2.05) is 0 Å². The van der Waals surface area contributed by atoms with Gasteiger partial charge in [-0.3, -0.25) is 0 Å². The Kier molecular flexibility index (Phi) is 15.2. The lowest BCUT2D eigenvalue weighted by Gasteiger charge is -2.34. The Hall–Kier alpha value is -3.86. The molecule has 52 heavy (non-hydrogen) atoms. The number of para-hydroxylation sites is 4. The normalized spacial score (nSPS) is 16.3. The van der Waals surface area contributed by atoms with Crippen LogP contribution in [0, 0.1) is 13.8 Å². The summed E-state index contributed by atoms with van der Waals surface area (Å²) in [5, 5.41) is 25.7. The highest BCUT2D eigenvalue weighted by Crippen LogP contribution is 2.40. The van der Waals surface area contributed by atoms with Crippen molar-refractivity contribution in [1.82, 2.24) is 19.6 Å². The third kappa shape index (κ3) is 9.96. The molecule has 2 fully saturated rings. The molecule has 2 aromatic heterocycles. The van der Waals surface area contributed by atoms with E-state index < -0.39 is 0 Å². The van der Waals surface area contributed by atoms with Gasteiger partial charge in [0.1, 0.15) is 21.7 Å². The molecule has 0 amide bonds. The molecule has 282 valence electrons. The topological polar surface area (TPSA) is 165 Å². The lowest BCUT2D eigenvalue weighted by molar-refractivity contribution is 0.216. The minimum absolute atomic E-state index is 0. The number of nitrogens with one attached hydrogen (secondary N) is 2. The highest BCUT2D eigenvalue weighted by Gasteiger charge is 2.27. The number of hydrogen-bond acceptors (Lipinski definition) is 12. The zero-order valence-corrected chi connectivity index (χ0v) is 32.3. The lowest BCUT2D eigenvalue weighted by atomic mass is 10.2. The molecule has 4 aliphatic rings. The molecule has 2 saturated heterocycles. The van der Waals surface area contributed by atoms with Crippen LogP contribution in [0.5, 0.6) is 0 Å². The number of amidine groups is 2. The first-order valence-corrected chi connectivity index (χ1v) is 19.2. The first-order chi connectivity index (χ1) is 24.3. The van der Waals surface area contributed by atoms with E-state index in [1.54, 1.807) is 22.7 Å². The van der Waals surface area contributed by atoms with Gasteiger partial charge >= 0.3 is 0 Å². The van der Waals surface area contributed by atoms with Crippen molar-refractivity contribution in [2.75, 3.05) is 90.3 Å². The maximum Gasteiger partial charge on any atom is 0.139 e. The maximum absolute atomic E-state index is 8.09. The van der Waals surface area contributed by atoms with Gasteiger partial charge in [-0.2, -0.15) is 0 Å². The summed E-state index contributed by atoms with van der Waals surface area (Å²) in [7, 11) is 4.37. The zero-order chi connectivity index (χ0) is 35.0. The number of likely N-dealkylation sites (N-methyl/N-ethyl adjacent to an activating group) is 2. The molecule has 12 nitrogen and oxygen atoms in total. The fourth-order valence-corrected chi connectivity index (χ4v) is 8.08. The molecule has 8 N–H and O–H groups in total. The van der Waals surface area contributed by atoms with E-state index in [4.69, 9.17) is 20.2 Å². The second kappa shape index (κ2) is 19.3. The summed E-state index contributed by atoms with van der Waals surface area (Å²) >= 11 is 3.61. The van der Waals surface area contributed by atoms with Crippen LogP contribution in [0.2, 0.25) is 0 Å². The van der Waals surface area contributed by atoms with E-state index in [0.29, 0.717) is 0 Å². The maximum atomic E-state index is 8.09. The smallest absolute Gasteiger partial charge is 0.139 e. The van der Waals surface area contributed by atoms with Crippen LogP contribution < -0.4 is 10.6 Å². The monoisotopic (exact) mass is 750 g/mol. The van der Waals surface area contributed by atoms with Crippen LogP contribution in [0.15, 0.2) is 70.6 Å². The second-order valence-electron chi connectivity index (χ2n) is 13.1. The summed E-state index contributed by atoms with van der Waals surface area (Å²) in [4.78, 5) is 22.3. The minimum Gasteiger partial charge on any atom is -0.412 e. The van der Waals surface area contributed by atoms with Crippen LogP contribution >= 0.6 is 22.7 Å². The first kappa shape index (κ1) is 40.9. The lowest BCUT2D eigenvalue weighted by Crippen LogP contribution is -2.47. The number of nitrogens with zero attached hydrogens (tertiary/aromatic N) is 6. The van der Waals surface area contributed by atoms with Gasteiger partial charge in [0.25, 0.3) is 0 Å². The van der Waals surface area contributed by atoms with Gasteiger partial charge in [0, 0.05) is 75.3 Å². The van der Waals surface area contributed by atoms with E-state index in [1.165, 1.54) is 30.9 Å². The summed E-state index contributed by atoms with van der Waals surface area (Å²) in [6, 6.07) is 21.1.